The van der Waals surface area contributed by atoms with Crippen LogP contribution in [0.15, 0.2) is 0 Å². The third-order valence-electron chi connectivity index (χ3n) is 3.58. The van der Waals surface area contributed by atoms with Crippen molar-refractivity contribution in [1.29, 1.82) is 0 Å². The van der Waals surface area contributed by atoms with Gasteiger partial charge in [0.2, 0.25) is 5.91 Å². The summed E-state index contributed by atoms with van der Waals surface area (Å²) in [7, 11) is 1.92. The minimum Gasteiger partial charge on any atom is -0.340 e. The number of likely N-dealkylation sites (N-methyl/N-ethyl adjacent to an activating group) is 1. The van der Waals surface area contributed by atoms with Crippen molar-refractivity contribution in [2.45, 2.75) is 44.2 Å². The molecule has 1 spiro atoms. The van der Waals surface area contributed by atoms with E-state index < -0.39 is 0 Å². The van der Waals surface area contributed by atoms with Crippen LogP contribution in [0.5, 0.6) is 0 Å². The molecule has 3 heteroatoms. The van der Waals surface area contributed by atoms with Crippen molar-refractivity contribution < 1.29 is 4.79 Å². The maximum absolute atomic E-state index is 12.0. The topological polar surface area (TPSA) is 32.3 Å². The van der Waals surface area contributed by atoms with Gasteiger partial charge in [-0.05, 0) is 19.8 Å². The van der Waals surface area contributed by atoms with Crippen LogP contribution >= 0.6 is 0 Å². The lowest BCUT2D eigenvalue weighted by Crippen LogP contribution is -2.65. The summed E-state index contributed by atoms with van der Waals surface area (Å²) in [4.78, 5) is 13.9. The second-order valence-corrected chi connectivity index (χ2v) is 4.44. The van der Waals surface area contributed by atoms with Crippen LogP contribution in [0.1, 0.15) is 32.6 Å². The smallest absolute Gasteiger partial charge is 0.242 e. The summed E-state index contributed by atoms with van der Waals surface area (Å²) in [5.41, 5.74) is -0.179. The first-order valence-electron chi connectivity index (χ1n) is 5.18. The standard InChI is InChI=1S/C10H18N2O/c1-8-7-11-10(5-3-4-6-10)9(13)12(8)2/h8,11H,3-7H2,1-2H3/t8-/m0/s1. The Balaban J connectivity index is 2.18. The molecule has 1 atom stereocenters. The maximum atomic E-state index is 12.0. The largest absolute Gasteiger partial charge is 0.340 e. The molecule has 0 aromatic heterocycles. The second-order valence-electron chi connectivity index (χ2n) is 4.44. The monoisotopic (exact) mass is 182 g/mol. The van der Waals surface area contributed by atoms with Gasteiger partial charge in [0, 0.05) is 19.6 Å². The summed E-state index contributed by atoms with van der Waals surface area (Å²) >= 11 is 0. The molecule has 0 unspecified atom stereocenters. The first-order valence-corrected chi connectivity index (χ1v) is 5.18. The quantitative estimate of drug-likeness (QED) is 0.599. The van der Waals surface area contributed by atoms with Crippen molar-refractivity contribution >= 4 is 5.91 Å². The van der Waals surface area contributed by atoms with E-state index in [1.54, 1.807) is 0 Å². The van der Waals surface area contributed by atoms with Gasteiger partial charge in [-0.15, -0.1) is 0 Å². The van der Waals surface area contributed by atoms with E-state index in [-0.39, 0.29) is 5.54 Å². The molecule has 74 valence electrons. The lowest BCUT2D eigenvalue weighted by Gasteiger charge is -2.42. The highest BCUT2D eigenvalue weighted by Crippen LogP contribution is 2.33. The van der Waals surface area contributed by atoms with E-state index >= 15 is 0 Å². The van der Waals surface area contributed by atoms with E-state index in [1.807, 2.05) is 11.9 Å². The van der Waals surface area contributed by atoms with Crippen molar-refractivity contribution in [1.82, 2.24) is 10.2 Å². The number of hydrogen-bond acceptors (Lipinski definition) is 2. The Morgan fingerprint density at radius 2 is 2.08 bits per heavy atom. The molecule has 1 amide bonds. The van der Waals surface area contributed by atoms with Gasteiger partial charge < -0.3 is 10.2 Å². The van der Waals surface area contributed by atoms with Gasteiger partial charge in [-0.25, -0.2) is 0 Å². The van der Waals surface area contributed by atoms with Gasteiger partial charge in [-0.1, -0.05) is 12.8 Å². The highest BCUT2D eigenvalue weighted by Gasteiger charge is 2.46. The first-order chi connectivity index (χ1) is 6.16. The van der Waals surface area contributed by atoms with Crippen molar-refractivity contribution in [3.05, 3.63) is 0 Å². The van der Waals surface area contributed by atoms with Crippen LogP contribution in [-0.2, 0) is 4.79 Å². The maximum Gasteiger partial charge on any atom is 0.242 e. The number of nitrogens with one attached hydrogen (secondary N) is 1. The normalized spacial score (nSPS) is 32.9. The highest BCUT2D eigenvalue weighted by molar-refractivity contribution is 5.87. The number of amides is 1. The number of rotatable bonds is 0. The van der Waals surface area contributed by atoms with Gasteiger partial charge in [-0.3, -0.25) is 4.79 Å². The summed E-state index contributed by atoms with van der Waals surface area (Å²) in [5, 5.41) is 3.43. The Kier molecular flexibility index (Phi) is 2.06. The molecular formula is C10H18N2O. The fraction of sp³-hybridized carbons (Fsp3) is 0.900. The Bertz CT molecular complexity index is 221. The molecule has 0 bridgehead atoms. The number of carbonyl (C=O) groups is 1. The van der Waals surface area contributed by atoms with Crippen molar-refractivity contribution in [3.63, 3.8) is 0 Å². The molecule has 3 nitrogen and oxygen atoms in total. The van der Waals surface area contributed by atoms with Crippen LogP contribution in [0.2, 0.25) is 0 Å². The number of piperazine rings is 1. The van der Waals surface area contributed by atoms with Crippen molar-refractivity contribution in [3.8, 4) is 0 Å². The van der Waals surface area contributed by atoms with Gasteiger partial charge in [-0.2, -0.15) is 0 Å². The summed E-state index contributed by atoms with van der Waals surface area (Å²) in [6.45, 7) is 3.04. The van der Waals surface area contributed by atoms with E-state index in [0.29, 0.717) is 11.9 Å². The van der Waals surface area contributed by atoms with Crippen LogP contribution in [0.25, 0.3) is 0 Å². The molecule has 1 aliphatic carbocycles. The zero-order valence-electron chi connectivity index (χ0n) is 8.47. The zero-order chi connectivity index (χ0) is 9.47. The molecule has 13 heavy (non-hydrogen) atoms. The summed E-state index contributed by atoms with van der Waals surface area (Å²) in [6.07, 6.45) is 4.45. The number of nitrogens with zero attached hydrogens (tertiary/aromatic N) is 1. The Hall–Kier alpha value is -0.570. The Labute approximate surface area is 79.5 Å². The fourth-order valence-electron chi connectivity index (χ4n) is 2.46. The summed E-state index contributed by atoms with van der Waals surface area (Å²) < 4.78 is 0. The van der Waals surface area contributed by atoms with E-state index in [2.05, 4.69) is 12.2 Å². The summed E-state index contributed by atoms with van der Waals surface area (Å²) in [5.74, 6) is 0.309. The molecular weight excluding hydrogens is 164 g/mol. The van der Waals surface area contributed by atoms with Gasteiger partial charge in [0.1, 0.15) is 0 Å². The summed E-state index contributed by atoms with van der Waals surface area (Å²) in [6, 6.07) is 0.346. The van der Waals surface area contributed by atoms with Crippen LogP contribution < -0.4 is 5.32 Å². The molecule has 0 radical (unpaired) electrons. The van der Waals surface area contributed by atoms with Crippen LogP contribution in [0, 0.1) is 0 Å². The highest BCUT2D eigenvalue weighted by atomic mass is 16.2. The number of carbonyl (C=O) groups excluding carboxylic acids is 1. The average Bonchev–Trinajstić information content (AvgIpc) is 2.59. The third-order valence-corrected chi connectivity index (χ3v) is 3.58. The SMILES string of the molecule is C[C@H]1CNC2(CCCC2)C(=O)N1C. The minimum absolute atomic E-state index is 0.179. The Morgan fingerprint density at radius 1 is 1.46 bits per heavy atom. The van der Waals surface area contributed by atoms with Crippen molar-refractivity contribution in [2.24, 2.45) is 0 Å². The molecule has 1 heterocycles. The number of hydrogen-bond donors (Lipinski definition) is 1. The molecule has 1 saturated carbocycles. The molecule has 1 N–H and O–H groups in total. The lowest BCUT2D eigenvalue weighted by molar-refractivity contribution is -0.142. The van der Waals surface area contributed by atoms with Gasteiger partial charge >= 0.3 is 0 Å². The average molecular weight is 182 g/mol. The zero-order valence-corrected chi connectivity index (χ0v) is 8.47. The van der Waals surface area contributed by atoms with Gasteiger partial charge in [0.25, 0.3) is 0 Å². The fourth-order valence-corrected chi connectivity index (χ4v) is 2.46. The third kappa shape index (κ3) is 1.26. The molecule has 1 aliphatic heterocycles. The first kappa shape index (κ1) is 9.00. The molecule has 0 aromatic rings. The van der Waals surface area contributed by atoms with E-state index in [4.69, 9.17) is 0 Å². The second kappa shape index (κ2) is 2.98. The van der Waals surface area contributed by atoms with Crippen molar-refractivity contribution in [2.75, 3.05) is 13.6 Å². The lowest BCUT2D eigenvalue weighted by atomic mass is 9.92. The molecule has 1 saturated heterocycles. The molecule has 2 rings (SSSR count). The van der Waals surface area contributed by atoms with Crippen LogP contribution in [-0.4, -0.2) is 36.0 Å². The predicted octanol–water partition coefficient (Wildman–Crippen LogP) is 0.749. The van der Waals surface area contributed by atoms with Gasteiger partial charge in [0.05, 0.1) is 5.54 Å². The molecule has 0 aromatic carbocycles. The van der Waals surface area contributed by atoms with E-state index in [0.717, 1.165) is 19.4 Å². The van der Waals surface area contributed by atoms with E-state index in [9.17, 15) is 4.79 Å². The Morgan fingerprint density at radius 3 is 2.69 bits per heavy atom. The van der Waals surface area contributed by atoms with Gasteiger partial charge in [0.15, 0.2) is 0 Å². The van der Waals surface area contributed by atoms with E-state index in [1.165, 1.54) is 12.8 Å². The molecule has 2 fully saturated rings. The molecule has 2 aliphatic rings. The minimum atomic E-state index is -0.179. The van der Waals surface area contributed by atoms with Crippen LogP contribution in [0.3, 0.4) is 0 Å². The van der Waals surface area contributed by atoms with Crippen LogP contribution in [0.4, 0.5) is 0 Å². The predicted molar refractivity (Wildman–Crippen MR) is 51.4 cm³/mol.